The Balaban J connectivity index is 4.67. The van der Waals surface area contributed by atoms with Gasteiger partial charge in [0.15, 0.2) is 5.92 Å². The quantitative estimate of drug-likeness (QED) is 0.352. The molecule has 0 fully saturated rings. The van der Waals surface area contributed by atoms with Crippen LogP contribution in [0, 0.1) is 5.92 Å². The fourth-order valence-corrected chi connectivity index (χ4v) is 0.878. The van der Waals surface area contributed by atoms with E-state index in [4.69, 9.17) is 0 Å². The van der Waals surface area contributed by atoms with E-state index in [0.717, 1.165) is 0 Å². The molecule has 0 aromatic heterocycles. The molecule has 0 spiro atoms. The summed E-state index contributed by atoms with van der Waals surface area (Å²) in [5, 5.41) is 0. The molecule has 1 atom stereocenters. The number of nitrogens with zero attached hydrogens (tertiary/aromatic N) is 1. The van der Waals surface area contributed by atoms with Crippen molar-refractivity contribution in [2.24, 2.45) is 10.9 Å². The zero-order valence-electron chi connectivity index (χ0n) is 7.75. The lowest BCUT2D eigenvalue weighted by Gasteiger charge is -2.09. The highest BCUT2D eigenvalue weighted by molar-refractivity contribution is 6.17. The van der Waals surface area contributed by atoms with Gasteiger partial charge in [-0.15, -0.1) is 0 Å². The van der Waals surface area contributed by atoms with E-state index in [0.29, 0.717) is 5.71 Å². The summed E-state index contributed by atoms with van der Waals surface area (Å²) >= 11 is 0. The van der Waals surface area contributed by atoms with Crippen molar-refractivity contribution in [2.75, 3.05) is 14.2 Å². The van der Waals surface area contributed by atoms with Crippen molar-refractivity contribution >= 4 is 17.5 Å². The van der Waals surface area contributed by atoms with Gasteiger partial charge in [-0.3, -0.25) is 14.6 Å². The van der Waals surface area contributed by atoms with Gasteiger partial charge in [0.25, 0.3) is 0 Å². The number of hydrogen-bond acceptors (Lipinski definition) is 4. The van der Waals surface area contributed by atoms with E-state index in [-0.39, 0.29) is 5.78 Å². The van der Waals surface area contributed by atoms with Crippen molar-refractivity contribution in [1.82, 2.24) is 0 Å². The number of methoxy groups -OCH3 is 1. The topological polar surface area (TPSA) is 55.7 Å². The molecular formula is C8H13NO3. The second-order valence-corrected chi connectivity index (χ2v) is 2.43. The largest absolute Gasteiger partial charge is 0.468 e. The van der Waals surface area contributed by atoms with Crippen LogP contribution in [-0.4, -0.2) is 31.6 Å². The van der Waals surface area contributed by atoms with Gasteiger partial charge in [0.2, 0.25) is 0 Å². The molecule has 0 aliphatic rings. The Bertz CT molecular complexity index is 220. The normalized spacial score (nSPS) is 13.8. The van der Waals surface area contributed by atoms with E-state index >= 15 is 0 Å². The molecule has 0 aliphatic heterocycles. The van der Waals surface area contributed by atoms with Crippen molar-refractivity contribution in [3.8, 4) is 0 Å². The first kappa shape index (κ1) is 10.8. The Morgan fingerprint density at radius 1 is 1.33 bits per heavy atom. The molecule has 4 nitrogen and oxygen atoms in total. The van der Waals surface area contributed by atoms with Crippen molar-refractivity contribution in [3.63, 3.8) is 0 Å². The second-order valence-electron chi connectivity index (χ2n) is 2.43. The predicted molar refractivity (Wildman–Crippen MR) is 45.2 cm³/mol. The summed E-state index contributed by atoms with van der Waals surface area (Å²) in [6, 6.07) is 0. The maximum atomic E-state index is 11.0. The molecule has 4 heteroatoms. The van der Waals surface area contributed by atoms with E-state index in [2.05, 4.69) is 9.73 Å². The molecule has 0 aliphatic carbocycles. The van der Waals surface area contributed by atoms with Gasteiger partial charge < -0.3 is 4.74 Å². The van der Waals surface area contributed by atoms with Crippen LogP contribution in [0.2, 0.25) is 0 Å². The zero-order chi connectivity index (χ0) is 9.72. The molecular weight excluding hydrogens is 158 g/mol. The van der Waals surface area contributed by atoms with Crippen LogP contribution < -0.4 is 0 Å². The minimum absolute atomic E-state index is 0.245. The van der Waals surface area contributed by atoms with Gasteiger partial charge in [0.05, 0.1) is 7.11 Å². The lowest BCUT2D eigenvalue weighted by molar-refractivity contribution is -0.145. The van der Waals surface area contributed by atoms with Gasteiger partial charge in [-0.05, 0) is 13.8 Å². The highest BCUT2D eigenvalue weighted by Gasteiger charge is 2.26. The van der Waals surface area contributed by atoms with Crippen molar-refractivity contribution < 1.29 is 14.3 Å². The molecule has 0 aromatic rings. The Labute approximate surface area is 71.6 Å². The zero-order valence-corrected chi connectivity index (χ0v) is 7.75. The standard InChI is InChI=1S/C8H13NO3/c1-5(9-3)7(6(2)10)8(11)12-4/h7H,1-4H3. The fourth-order valence-electron chi connectivity index (χ4n) is 0.878. The maximum Gasteiger partial charge on any atom is 0.321 e. The lowest BCUT2D eigenvalue weighted by atomic mass is 10.0. The summed E-state index contributed by atoms with van der Waals surface area (Å²) in [4.78, 5) is 25.8. The molecule has 68 valence electrons. The number of carbonyl (C=O) groups excluding carboxylic acids is 2. The lowest BCUT2D eigenvalue weighted by Crippen LogP contribution is -2.29. The summed E-state index contributed by atoms with van der Waals surface area (Å²) < 4.78 is 4.46. The van der Waals surface area contributed by atoms with E-state index in [9.17, 15) is 9.59 Å². The van der Waals surface area contributed by atoms with Crippen LogP contribution in [0.25, 0.3) is 0 Å². The van der Waals surface area contributed by atoms with E-state index in [1.54, 1.807) is 6.92 Å². The number of rotatable bonds is 3. The Morgan fingerprint density at radius 2 is 1.83 bits per heavy atom. The third-order valence-electron chi connectivity index (χ3n) is 1.61. The fraction of sp³-hybridized carbons (Fsp3) is 0.625. The van der Waals surface area contributed by atoms with Crippen molar-refractivity contribution in [2.45, 2.75) is 13.8 Å². The highest BCUT2D eigenvalue weighted by Crippen LogP contribution is 2.04. The van der Waals surface area contributed by atoms with Crippen LogP contribution in [0.15, 0.2) is 4.99 Å². The number of Topliss-reactive ketones (excluding diaryl/α,β-unsaturated/α-hetero) is 1. The smallest absolute Gasteiger partial charge is 0.321 e. The molecule has 0 amide bonds. The second kappa shape index (κ2) is 4.64. The van der Waals surface area contributed by atoms with Gasteiger partial charge in [-0.2, -0.15) is 0 Å². The summed E-state index contributed by atoms with van der Waals surface area (Å²) in [7, 11) is 2.79. The van der Waals surface area contributed by atoms with E-state index < -0.39 is 11.9 Å². The SMILES string of the molecule is CN=C(C)C(C(C)=O)C(=O)OC. The highest BCUT2D eigenvalue weighted by atomic mass is 16.5. The minimum Gasteiger partial charge on any atom is -0.468 e. The molecule has 0 rings (SSSR count). The number of ketones is 1. The van der Waals surface area contributed by atoms with E-state index in [1.807, 2.05) is 0 Å². The van der Waals surface area contributed by atoms with Gasteiger partial charge >= 0.3 is 5.97 Å². The number of esters is 1. The molecule has 0 saturated carbocycles. The third kappa shape index (κ3) is 2.45. The average Bonchev–Trinajstić information content (AvgIpc) is 2.03. The Morgan fingerprint density at radius 3 is 2.08 bits per heavy atom. The molecule has 12 heavy (non-hydrogen) atoms. The molecule has 0 bridgehead atoms. The maximum absolute atomic E-state index is 11.0. The molecule has 0 N–H and O–H groups in total. The van der Waals surface area contributed by atoms with Gasteiger partial charge in [-0.1, -0.05) is 0 Å². The molecule has 0 heterocycles. The van der Waals surface area contributed by atoms with Gasteiger partial charge in [0.1, 0.15) is 5.78 Å². The van der Waals surface area contributed by atoms with Crippen LogP contribution >= 0.6 is 0 Å². The van der Waals surface area contributed by atoms with Gasteiger partial charge in [0, 0.05) is 12.8 Å². The van der Waals surface area contributed by atoms with Crippen LogP contribution in [-0.2, 0) is 14.3 Å². The average molecular weight is 171 g/mol. The van der Waals surface area contributed by atoms with Crippen molar-refractivity contribution in [1.29, 1.82) is 0 Å². The predicted octanol–water partition coefficient (Wildman–Crippen LogP) is 0.455. The first-order valence-corrected chi connectivity index (χ1v) is 3.56. The number of hydrogen-bond donors (Lipinski definition) is 0. The monoisotopic (exact) mass is 171 g/mol. The molecule has 0 radical (unpaired) electrons. The van der Waals surface area contributed by atoms with Crippen LogP contribution in [0.3, 0.4) is 0 Å². The van der Waals surface area contributed by atoms with Crippen molar-refractivity contribution in [3.05, 3.63) is 0 Å². The number of ether oxygens (including phenoxy) is 1. The number of aliphatic imine (C=N–C) groups is 1. The summed E-state index contributed by atoms with van der Waals surface area (Å²) in [5.74, 6) is -1.63. The molecule has 0 saturated heterocycles. The Kier molecular flexibility index (Phi) is 4.18. The Hall–Kier alpha value is -1.19. The molecule has 1 unspecified atom stereocenters. The summed E-state index contributed by atoms with van der Waals surface area (Å²) in [5.41, 5.74) is 0.481. The van der Waals surface area contributed by atoms with E-state index in [1.165, 1.54) is 21.1 Å². The molecule has 0 aromatic carbocycles. The van der Waals surface area contributed by atoms with Gasteiger partial charge in [-0.25, -0.2) is 0 Å². The van der Waals surface area contributed by atoms with Crippen LogP contribution in [0.4, 0.5) is 0 Å². The third-order valence-corrected chi connectivity index (χ3v) is 1.61. The minimum atomic E-state index is -0.833. The van der Waals surface area contributed by atoms with Crippen LogP contribution in [0.1, 0.15) is 13.8 Å². The van der Waals surface area contributed by atoms with Crippen LogP contribution in [0.5, 0.6) is 0 Å². The first-order valence-electron chi connectivity index (χ1n) is 3.56. The first-order chi connectivity index (χ1) is 5.54. The number of carbonyl (C=O) groups is 2. The summed E-state index contributed by atoms with van der Waals surface area (Å²) in [6.07, 6.45) is 0. The summed E-state index contributed by atoms with van der Waals surface area (Å²) in [6.45, 7) is 2.97.